The van der Waals surface area contributed by atoms with E-state index in [1.807, 2.05) is 30.3 Å². The van der Waals surface area contributed by atoms with E-state index in [9.17, 15) is 0 Å². The van der Waals surface area contributed by atoms with Crippen LogP contribution in [0.15, 0.2) is 62.2 Å². The fourth-order valence-electron chi connectivity index (χ4n) is 4.26. The highest BCUT2D eigenvalue weighted by Gasteiger charge is 2.47. The SMILES string of the molecule is CC[C@@]1(C(C)c2ccc(Sc3ccccc3OC)cc2Cl)N=C(OC)[C@@H](C(C)C)N=C1OC. The van der Waals surface area contributed by atoms with Gasteiger partial charge in [0.15, 0.2) is 0 Å². The van der Waals surface area contributed by atoms with Gasteiger partial charge >= 0.3 is 0 Å². The summed E-state index contributed by atoms with van der Waals surface area (Å²) >= 11 is 8.46. The lowest BCUT2D eigenvalue weighted by atomic mass is 9.77. The van der Waals surface area contributed by atoms with Crippen LogP contribution < -0.4 is 4.74 Å². The summed E-state index contributed by atoms with van der Waals surface area (Å²) in [6.45, 7) is 8.43. The molecule has 0 saturated carbocycles. The molecule has 0 radical (unpaired) electrons. The molecule has 0 saturated heterocycles. The molecule has 0 amide bonds. The van der Waals surface area contributed by atoms with Crippen molar-refractivity contribution in [1.29, 1.82) is 0 Å². The zero-order valence-corrected chi connectivity index (χ0v) is 22.0. The number of hydrogen-bond donors (Lipinski definition) is 0. The Balaban J connectivity index is 1.98. The summed E-state index contributed by atoms with van der Waals surface area (Å²) in [5, 5.41) is 0.686. The second-order valence-corrected chi connectivity index (χ2v) is 9.94. The summed E-state index contributed by atoms with van der Waals surface area (Å²) in [4.78, 5) is 12.1. The van der Waals surface area contributed by atoms with E-state index in [0.29, 0.717) is 23.2 Å². The first-order chi connectivity index (χ1) is 15.8. The van der Waals surface area contributed by atoms with Gasteiger partial charge in [-0.15, -0.1) is 0 Å². The highest BCUT2D eigenvalue weighted by atomic mass is 35.5. The van der Waals surface area contributed by atoms with Crippen LogP contribution in [0.5, 0.6) is 5.75 Å². The third-order valence-electron chi connectivity index (χ3n) is 6.21. The molecule has 2 aromatic rings. The smallest absolute Gasteiger partial charge is 0.213 e. The van der Waals surface area contributed by atoms with Crippen molar-refractivity contribution >= 4 is 35.2 Å². The molecule has 3 atom stereocenters. The van der Waals surface area contributed by atoms with Crippen molar-refractivity contribution in [2.45, 2.75) is 61.4 Å². The molecular weight excluding hydrogens is 456 g/mol. The van der Waals surface area contributed by atoms with E-state index >= 15 is 0 Å². The molecule has 5 nitrogen and oxygen atoms in total. The fraction of sp³-hybridized carbons (Fsp3) is 0.462. The van der Waals surface area contributed by atoms with Crippen molar-refractivity contribution in [2.24, 2.45) is 15.9 Å². The number of nitrogens with zero attached hydrogens (tertiary/aromatic N) is 2. The quantitative estimate of drug-likeness (QED) is 0.426. The molecule has 0 fully saturated rings. The van der Waals surface area contributed by atoms with E-state index < -0.39 is 5.54 Å². The normalized spacial score (nSPS) is 21.3. The molecule has 1 aliphatic rings. The van der Waals surface area contributed by atoms with E-state index in [4.69, 9.17) is 35.8 Å². The van der Waals surface area contributed by atoms with E-state index in [-0.39, 0.29) is 17.9 Å². The molecule has 3 rings (SSSR count). The van der Waals surface area contributed by atoms with Crippen LogP contribution in [0.4, 0.5) is 0 Å². The highest BCUT2D eigenvalue weighted by molar-refractivity contribution is 7.99. The maximum atomic E-state index is 6.84. The van der Waals surface area contributed by atoms with Crippen LogP contribution in [0.2, 0.25) is 5.02 Å². The first-order valence-corrected chi connectivity index (χ1v) is 12.4. The Labute approximate surface area is 206 Å². The average Bonchev–Trinajstić information content (AvgIpc) is 2.83. The lowest BCUT2D eigenvalue weighted by Crippen LogP contribution is -2.49. The minimum atomic E-state index is -0.688. The van der Waals surface area contributed by atoms with Gasteiger partial charge in [-0.25, -0.2) is 9.98 Å². The number of benzene rings is 2. The Kier molecular flexibility index (Phi) is 8.35. The predicted molar refractivity (Wildman–Crippen MR) is 138 cm³/mol. The van der Waals surface area contributed by atoms with Crippen molar-refractivity contribution in [3.63, 3.8) is 0 Å². The minimum Gasteiger partial charge on any atom is -0.496 e. The van der Waals surface area contributed by atoms with E-state index in [2.05, 4.69) is 39.8 Å². The van der Waals surface area contributed by atoms with Gasteiger partial charge in [-0.3, -0.25) is 0 Å². The highest BCUT2D eigenvalue weighted by Crippen LogP contribution is 2.43. The third-order valence-corrected chi connectivity index (χ3v) is 7.59. The molecule has 1 aliphatic heterocycles. The van der Waals surface area contributed by atoms with Crippen LogP contribution in [-0.4, -0.2) is 44.7 Å². The van der Waals surface area contributed by atoms with Gasteiger partial charge in [0.2, 0.25) is 11.8 Å². The molecule has 0 spiro atoms. The Morgan fingerprint density at radius 3 is 2.33 bits per heavy atom. The Bertz CT molecular complexity index is 1040. The van der Waals surface area contributed by atoms with Gasteiger partial charge in [0.1, 0.15) is 17.3 Å². The van der Waals surface area contributed by atoms with E-state index in [0.717, 1.165) is 21.1 Å². The van der Waals surface area contributed by atoms with E-state index in [1.54, 1.807) is 33.1 Å². The van der Waals surface area contributed by atoms with Crippen molar-refractivity contribution in [3.05, 3.63) is 53.1 Å². The summed E-state index contributed by atoms with van der Waals surface area (Å²) < 4.78 is 17.0. The topological polar surface area (TPSA) is 52.4 Å². The zero-order chi connectivity index (χ0) is 24.2. The number of methoxy groups -OCH3 is 3. The summed E-state index contributed by atoms with van der Waals surface area (Å²) in [7, 11) is 5.00. The first-order valence-electron chi connectivity index (χ1n) is 11.2. The summed E-state index contributed by atoms with van der Waals surface area (Å²) in [6.07, 6.45) is 0.701. The molecule has 7 heteroatoms. The van der Waals surface area contributed by atoms with Gasteiger partial charge < -0.3 is 14.2 Å². The van der Waals surface area contributed by atoms with Crippen molar-refractivity contribution < 1.29 is 14.2 Å². The Morgan fingerprint density at radius 1 is 1.03 bits per heavy atom. The number of rotatable bonds is 7. The van der Waals surface area contributed by atoms with Gasteiger partial charge in [-0.1, -0.05) is 69.3 Å². The van der Waals surface area contributed by atoms with Gasteiger partial charge in [-0.05, 0) is 42.2 Å². The molecule has 2 aromatic carbocycles. The second kappa shape index (κ2) is 10.8. The van der Waals surface area contributed by atoms with Crippen LogP contribution in [0, 0.1) is 5.92 Å². The van der Waals surface area contributed by atoms with Crippen LogP contribution >= 0.6 is 23.4 Å². The summed E-state index contributed by atoms with van der Waals surface area (Å²) in [5.41, 5.74) is 0.307. The largest absolute Gasteiger partial charge is 0.496 e. The number of hydrogen-bond acceptors (Lipinski definition) is 6. The maximum Gasteiger partial charge on any atom is 0.213 e. The molecule has 33 heavy (non-hydrogen) atoms. The summed E-state index contributed by atoms with van der Waals surface area (Å²) in [5.74, 6) is 2.27. The second-order valence-electron chi connectivity index (χ2n) is 8.42. The fourth-order valence-corrected chi connectivity index (χ4v) is 5.64. The Morgan fingerprint density at radius 2 is 1.76 bits per heavy atom. The van der Waals surface area contributed by atoms with Crippen molar-refractivity contribution in [1.82, 2.24) is 0 Å². The van der Waals surface area contributed by atoms with Gasteiger partial charge in [0, 0.05) is 15.8 Å². The predicted octanol–water partition coefficient (Wildman–Crippen LogP) is 6.88. The summed E-state index contributed by atoms with van der Waals surface area (Å²) in [6, 6.07) is 13.9. The minimum absolute atomic E-state index is 0.0720. The molecule has 1 unspecified atom stereocenters. The maximum absolute atomic E-state index is 6.84. The number of para-hydroxylation sites is 1. The third kappa shape index (κ3) is 5.02. The first kappa shape index (κ1) is 25.4. The van der Waals surface area contributed by atoms with Crippen LogP contribution in [0.3, 0.4) is 0 Å². The lowest BCUT2D eigenvalue weighted by molar-refractivity contribution is 0.284. The average molecular weight is 489 g/mol. The molecule has 0 aromatic heterocycles. The van der Waals surface area contributed by atoms with Crippen LogP contribution in [-0.2, 0) is 9.47 Å². The van der Waals surface area contributed by atoms with Crippen molar-refractivity contribution in [3.8, 4) is 5.75 Å². The van der Waals surface area contributed by atoms with Crippen LogP contribution in [0.25, 0.3) is 0 Å². The van der Waals surface area contributed by atoms with Gasteiger partial charge in [-0.2, -0.15) is 0 Å². The van der Waals surface area contributed by atoms with Crippen LogP contribution in [0.1, 0.15) is 45.6 Å². The molecule has 0 aliphatic carbocycles. The van der Waals surface area contributed by atoms with Gasteiger partial charge in [0.25, 0.3) is 0 Å². The van der Waals surface area contributed by atoms with Crippen molar-refractivity contribution in [2.75, 3.05) is 21.3 Å². The van der Waals surface area contributed by atoms with E-state index in [1.165, 1.54) is 0 Å². The molecular formula is C26H33ClN2O3S. The molecule has 0 bridgehead atoms. The zero-order valence-electron chi connectivity index (χ0n) is 20.4. The number of aliphatic imine (C=N–C) groups is 2. The molecule has 178 valence electrons. The number of ether oxygens (including phenoxy) is 3. The molecule has 0 N–H and O–H groups in total. The van der Waals surface area contributed by atoms with Gasteiger partial charge in [0.05, 0.1) is 26.2 Å². The lowest BCUT2D eigenvalue weighted by Gasteiger charge is -2.40. The number of halogens is 1. The monoisotopic (exact) mass is 488 g/mol. The Hall–Kier alpha value is -2.18. The molecule has 1 heterocycles. The standard InChI is InChI=1S/C26H33ClN2O3S/c1-8-26(25(32-7)28-23(16(2)3)24(29-26)31-6)17(4)19-14-13-18(15-20(19)27)33-22-12-10-9-11-21(22)30-5/h9-17,23H,8H2,1-7H3/t17?,23-,26+/m1/s1.